The first-order chi connectivity index (χ1) is 12.8. The number of esters is 1. The second-order valence-corrected chi connectivity index (χ2v) is 6.93. The van der Waals surface area contributed by atoms with Gasteiger partial charge in [-0.15, -0.1) is 0 Å². The number of carbonyl (C=O) groups excluding carboxylic acids is 2. The summed E-state index contributed by atoms with van der Waals surface area (Å²) in [5.41, 5.74) is 3.14. The average Bonchev–Trinajstić information content (AvgIpc) is 2.60. The van der Waals surface area contributed by atoms with Crippen LogP contribution in [0.1, 0.15) is 22.3 Å². The predicted molar refractivity (Wildman–Crippen MR) is 103 cm³/mol. The van der Waals surface area contributed by atoms with Crippen LogP contribution in [0.2, 0.25) is 0 Å². The highest BCUT2D eigenvalue weighted by atomic mass is 32.2. The lowest BCUT2D eigenvalue weighted by Gasteiger charge is -2.10. The number of rotatable bonds is 6. The van der Waals surface area contributed by atoms with Gasteiger partial charge in [0.15, 0.2) is 6.61 Å². The fraction of sp³-hybridized carbons (Fsp3) is 0.263. The Kier molecular flexibility index (Phi) is 6.79. The number of pyridine rings is 1. The quantitative estimate of drug-likeness (QED) is 0.583. The number of hydrogen-bond acceptors (Lipinski definition) is 6. The van der Waals surface area contributed by atoms with Crippen molar-refractivity contribution in [2.24, 2.45) is 0 Å². The molecule has 0 unspecified atom stereocenters. The van der Waals surface area contributed by atoms with Crippen LogP contribution in [0.3, 0.4) is 0 Å². The van der Waals surface area contributed by atoms with Gasteiger partial charge < -0.3 is 15.0 Å². The van der Waals surface area contributed by atoms with Gasteiger partial charge in [0.1, 0.15) is 6.07 Å². The number of nitrogens with zero attached hydrogens (tertiary/aromatic N) is 1. The maximum Gasteiger partial charge on any atom is 0.316 e. The Balaban J connectivity index is 1.87. The number of benzene rings is 1. The number of ether oxygens (including phenoxy) is 1. The van der Waals surface area contributed by atoms with Crippen molar-refractivity contribution in [1.82, 2.24) is 4.98 Å². The summed E-state index contributed by atoms with van der Waals surface area (Å²) < 4.78 is 4.95. The molecule has 2 aromatic rings. The van der Waals surface area contributed by atoms with Gasteiger partial charge >= 0.3 is 5.97 Å². The van der Waals surface area contributed by atoms with Crippen LogP contribution >= 0.6 is 11.8 Å². The Hall–Kier alpha value is -3.05. The molecule has 8 heteroatoms. The van der Waals surface area contributed by atoms with E-state index >= 15 is 0 Å². The van der Waals surface area contributed by atoms with E-state index in [1.807, 2.05) is 32.0 Å². The van der Waals surface area contributed by atoms with Crippen LogP contribution in [0.25, 0.3) is 0 Å². The molecule has 140 valence electrons. The van der Waals surface area contributed by atoms with Gasteiger partial charge in [-0.3, -0.25) is 14.4 Å². The molecule has 1 heterocycles. The first kappa shape index (κ1) is 20.3. The Morgan fingerprint density at radius 3 is 2.63 bits per heavy atom. The summed E-state index contributed by atoms with van der Waals surface area (Å²) in [4.78, 5) is 37.8. The first-order valence-electron chi connectivity index (χ1n) is 8.09. The molecule has 0 atom stereocenters. The van der Waals surface area contributed by atoms with E-state index in [9.17, 15) is 14.4 Å². The zero-order chi connectivity index (χ0) is 20.0. The van der Waals surface area contributed by atoms with Crippen LogP contribution in [0.15, 0.2) is 34.1 Å². The van der Waals surface area contributed by atoms with Gasteiger partial charge in [0.25, 0.3) is 5.91 Å². The van der Waals surface area contributed by atoms with Crippen LogP contribution in [0, 0.1) is 32.1 Å². The number of thioether (sulfide) groups is 1. The third-order valence-electron chi connectivity index (χ3n) is 3.67. The number of H-pyrrole nitrogens is 1. The van der Waals surface area contributed by atoms with Crippen molar-refractivity contribution in [2.75, 3.05) is 17.7 Å². The van der Waals surface area contributed by atoms with Crippen LogP contribution in [0.4, 0.5) is 5.69 Å². The monoisotopic (exact) mass is 385 g/mol. The van der Waals surface area contributed by atoms with Gasteiger partial charge in [0, 0.05) is 11.8 Å². The maximum absolute atomic E-state index is 11.9. The largest absolute Gasteiger partial charge is 0.455 e. The Bertz CT molecular complexity index is 976. The molecule has 2 rings (SSSR count). The lowest BCUT2D eigenvalue weighted by Crippen LogP contribution is -2.22. The normalized spacial score (nSPS) is 10.1. The van der Waals surface area contributed by atoms with Crippen molar-refractivity contribution in [3.8, 4) is 6.07 Å². The minimum Gasteiger partial charge on any atom is -0.455 e. The topological polar surface area (TPSA) is 112 Å². The fourth-order valence-electron chi connectivity index (χ4n) is 2.36. The van der Waals surface area contributed by atoms with Crippen LogP contribution in [-0.2, 0) is 14.3 Å². The summed E-state index contributed by atoms with van der Waals surface area (Å²) in [6.07, 6.45) is 0. The second-order valence-electron chi connectivity index (χ2n) is 5.95. The SMILES string of the molecule is Cc1ccc(NC(=O)COC(=O)CSc2[nH]c(=O)cc(C)c2C#N)c(C)c1. The summed E-state index contributed by atoms with van der Waals surface area (Å²) in [5.74, 6) is -1.20. The van der Waals surface area contributed by atoms with E-state index in [1.54, 1.807) is 13.0 Å². The summed E-state index contributed by atoms with van der Waals surface area (Å²) in [6.45, 7) is 5.06. The molecule has 1 aromatic heterocycles. The molecule has 7 nitrogen and oxygen atoms in total. The second kappa shape index (κ2) is 9.05. The van der Waals surface area contributed by atoms with Crippen molar-refractivity contribution in [3.63, 3.8) is 0 Å². The molecule has 0 aliphatic heterocycles. The van der Waals surface area contributed by atoms with Crippen molar-refractivity contribution >= 4 is 29.3 Å². The Morgan fingerprint density at radius 1 is 1.22 bits per heavy atom. The van der Waals surface area contributed by atoms with Crippen molar-refractivity contribution in [1.29, 1.82) is 5.26 Å². The van der Waals surface area contributed by atoms with Gasteiger partial charge in [0.2, 0.25) is 5.56 Å². The van der Waals surface area contributed by atoms with Gasteiger partial charge in [0.05, 0.1) is 16.3 Å². The zero-order valence-electron chi connectivity index (χ0n) is 15.2. The highest BCUT2D eigenvalue weighted by Gasteiger charge is 2.13. The standard InChI is InChI=1S/C19H19N3O4S/c1-11-4-5-15(13(3)6-11)21-17(24)9-26-18(25)10-27-19-14(8-20)12(2)7-16(23)22-19/h4-7H,9-10H2,1-3H3,(H,21,24)(H,22,23). The van der Waals surface area contributed by atoms with E-state index in [0.29, 0.717) is 21.8 Å². The average molecular weight is 385 g/mol. The predicted octanol–water partition coefficient (Wildman–Crippen LogP) is 2.45. The van der Waals surface area contributed by atoms with Gasteiger partial charge in [-0.05, 0) is 38.0 Å². The summed E-state index contributed by atoms with van der Waals surface area (Å²) in [7, 11) is 0. The van der Waals surface area contributed by atoms with Crippen molar-refractivity contribution < 1.29 is 14.3 Å². The summed E-state index contributed by atoms with van der Waals surface area (Å²) >= 11 is 0.983. The van der Waals surface area contributed by atoms with E-state index < -0.39 is 18.5 Å². The molecule has 27 heavy (non-hydrogen) atoms. The molecule has 1 aromatic carbocycles. The summed E-state index contributed by atoms with van der Waals surface area (Å²) in [6, 6.07) is 8.92. The third-order valence-corrected chi connectivity index (χ3v) is 4.65. The molecular weight excluding hydrogens is 366 g/mol. The third kappa shape index (κ3) is 5.72. The number of carbonyl (C=O) groups is 2. The highest BCUT2D eigenvalue weighted by molar-refractivity contribution is 7.99. The van der Waals surface area contributed by atoms with E-state index in [-0.39, 0.29) is 11.3 Å². The lowest BCUT2D eigenvalue weighted by molar-refractivity contribution is -0.144. The molecule has 0 bridgehead atoms. The number of aryl methyl sites for hydroxylation is 3. The van der Waals surface area contributed by atoms with E-state index in [2.05, 4.69) is 10.3 Å². The minimum absolute atomic E-state index is 0.134. The fourth-order valence-corrected chi connectivity index (χ4v) is 3.23. The van der Waals surface area contributed by atoms with Crippen molar-refractivity contribution in [3.05, 3.63) is 56.9 Å². The molecule has 1 amide bonds. The molecule has 0 saturated carbocycles. The number of anilines is 1. The maximum atomic E-state index is 11.9. The Labute approximate surface area is 160 Å². The number of amides is 1. The van der Waals surface area contributed by atoms with Gasteiger partial charge in [-0.25, -0.2) is 0 Å². The number of aromatic nitrogens is 1. The lowest BCUT2D eigenvalue weighted by atomic mass is 10.1. The molecule has 0 fully saturated rings. The Morgan fingerprint density at radius 2 is 1.96 bits per heavy atom. The van der Waals surface area contributed by atoms with Gasteiger partial charge in [-0.1, -0.05) is 29.5 Å². The number of nitrogens with one attached hydrogen (secondary N) is 2. The first-order valence-corrected chi connectivity index (χ1v) is 9.08. The molecule has 0 aliphatic carbocycles. The van der Waals surface area contributed by atoms with E-state index in [4.69, 9.17) is 10.00 Å². The van der Waals surface area contributed by atoms with Crippen LogP contribution in [0.5, 0.6) is 0 Å². The van der Waals surface area contributed by atoms with E-state index in [0.717, 1.165) is 22.9 Å². The number of nitriles is 1. The number of hydrogen-bond donors (Lipinski definition) is 2. The molecular formula is C19H19N3O4S. The smallest absolute Gasteiger partial charge is 0.316 e. The molecule has 0 radical (unpaired) electrons. The van der Waals surface area contributed by atoms with Crippen molar-refractivity contribution in [2.45, 2.75) is 25.8 Å². The minimum atomic E-state index is -0.623. The zero-order valence-corrected chi connectivity index (χ0v) is 16.0. The highest BCUT2D eigenvalue weighted by Crippen LogP contribution is 2.21. The van der Waals surface area contributed by atoms with E-state index in [1.165, 1.54) is 6.07 Å². The van der Waals surface area contributed by atoms with Crippen LogP contribution < -0.4 is 10.9 Å². The molecule has 0 saturated heterocycles. The van der Waals surface area contributed by atoms with Gasteiger partial charge in [-0.2, -0.15) is 5.26 Å². The molecule has 0 spiro atoms. The molecule has 0 aliphatic rings. The number of aromatic amines is 1. The summed E-state index contributed by atoms with van der Waals surface area (Å²) in [5, 5.41) is 12.1. The molecule has 2 N–H and O–H groups in total. The van der Waals surface area contributed by atoms with Crippen LogP contribution in [-0.4, -0.2) is 29.2 Å².